The van der Waals surface area contributed by atoms with Crippen LogP contribution in [0.15, 0.2) is 54.0 Å². The third-order valence-corrected chi connectivity index (χ3v) is 9.08. The van der Waals surface area contributed by atoms with Crippen molar-refractivity contribution in [2.75, 3.05) is 43.4 Å². The minimum Gasteiger partial charge on any atom is -0.383 e. The lowest BCUT2D eigenvalue weighted by molar-refractivity contribution is -0.0102. The molecule has 2 aliphatic carbocycles. The Morgan fingerprint density at radius 3 is 2.63 bits per heavy atom. The van der Waals surface area contributed by atoms with Gasteiger partial charge in [-0.15, -0.1) is 6.58 Å². The van der Waals surface area contributed by atoms with E-state index in [1.165, 1.54) is 16.9 Å². The Labute approximate surface area is 236 Å². The molecule has 0 amide bonds. The first-order valence-corrected chi connectivity index (χ1v) is 14.0. The van der Waals surface area contributed by atoms with E-state index in [9.17, 15) is 9.90 Å². The highest BCUT2D eigenvalue weighted by atomic mass is 19.1. The Morgan fingerprint density at radius 2 is 1.93 bits per heavy atom. The molecule has 1 atom stereocenters. The Morgan fingerprint density at radius 1 is 1.15 bits per heavy atom. The fourth-order valence-electron chi connectivity index (χ4n) is 6.39. The van der Waals surface area contributed by atoms with Gasteiger partial charge in [0.25, 0.3) is 5.56 Å². The summed E-state index contributed by atoms with van der Waals surface area (Å²) in [5.74, 6) is 0.374. The number of fused-ring (bicyclic) bond motifs is 2. The summed E-state index contributed by atoms with van der Waals surface area (Å²) in [6.45, 7) is 9.20. The van der Waals surface area contributed by atoms with Gasteiger partial charge in [0.05, 0.1) is 17.9 Å². The molecule has 1 aromatic carbocycles. The van der Waals surface area contributed by atoms with Crippen LogP contribution in [0.3, 0.4) is 0 Å². The van der Waals surface area contributed by atoms with Crippen molar-refractivity contribution in [3.63, 3.8) is 0 Å². The van der Waals surface area contributed by atoms with Crippen molar-refractivity contribution < 1.29 is 9.50 Å². The number of piperazine rings is 1. The zero-order chi connectivity index (χ0) is 28.5. The standard InChI is InChI=1S/C30H33FN8O2/c1-4-11-38-27(40)21-18-32-28(33-20-6-7-23(22(31)16-20)37-14-12-36(3)13-15-37)35-26(21)39(38)24-8-5-19-17-30(9-10-30)29(2,41)25(19)34-24/h4-8,16,18,41H,1,9-15,17H2,2-3H3,(H,32,33,35). The zero-order valence-corrected chi connectivity index (χ0v) is 23.3. The maximum Gasteiger partial charge on any atom is 0.278 e. The second-order valence-electron chi connectivity index (χ2n) is 11.7. The summed E-state index contributed by atoms with van der Waals surface area (Å²) in [5, 5.41) is 14.8. The van der Waals surface area contributed by atoms with Crippen molar-refractivity contribution >= 4 is 28.4 Å². The van der Waals surface area contributed by atoms with Gasteiger partial charge in [-0.05, 0) is 63.1 Å². The summed E-state index contributed by atoms with van der Waals surface area (Å²) in [7, 11) is 2.07. The second kappa shape index (κ2) is 9.22. The van der Waals surface area contributed by atoms with Gasteiger partial charge in [0, 0.05) is 43.5 Å². The van der Waals surface area contributed by atoms with Crippen molar-refractivity contribution in [3.8, 4) is 5.82 Å². The Kier molecular flexibility index (Phi) is 5.81. The average molecular weight is 557 g/mol. The molecule has 3 aliphatic rings. The molecule has 7 rings (SSSR count). The number of likely N-dealkylation sites (N-methyl/N-ethyl adjacent to an activating group) is 1. The molecule has 2 N–H and O–H groups in total. The topological polar surface area (TPSA) is 104 Å². The van der Waals surface area contributed by atoms with Gasteiger partial charge in [-0.1, -0.05) is 12.1 Å². The van der Waals surface area contributed by atoms with Crippen molar-refractivity contribution in [1.29, 1.82) is 0 Å². The number of pyridine rings is 1. The molecule has 0 bridgehead atoms. The van der Waals surface area contributed by atoms with Gasteiger partial charge in [0.15, 0.2) is 11.5 Å². The van der Waals surface area contributed by atoms with Crippen LogP contribution < -0.4 is 15.8 Å². The molecule has 10 nitrogen and oxygen atoms in total. The summed E-state index contributed by atoms with van der Waals surface area (Å²) >= 11 is 0. The minimum absolute atomic E-state index is 0.144. The van der Waals surface area contributed by atoms with Crippen LogP contribution in [-0.4, -0.2) is 67.5 Å². The molecule has 4 heterocycles. The van der Waals surface area contributed by atoms with Gasteiger partial charge in [-0.3, -0.25) is 4.79 Å². The number of aliphatic hydroxyl groups is 1. The minimum atomic E-state index is -1.03. The zero-order valence-electron chi connectivity index (χ0n) is 23.3. The second-order valence-corrected chi connectivity index (χ2v) is 11.7. The fourth-order valence-corrected chi connectivity index (χ4v) is 6.39. The Bertz CT molecular complexity index is 1750. The number of halogens is 1. The maximum atomic E-state index is 15.1. The Balaban J connectivity index is 1.26. The van der Waals surface area contributed by atoms with E-state index < -0.39 is 5.60 Å². The molecule has 2 fully saturated rings. The molecule has 4 aromatic rings. The molecule has 1 saturated carbocycles. The summed E-state index contributed by atoms with van der Waals surface area (Å²) in [6.07, 6.45) is 5.85. The normalized spacial score (nSPS) is 21.4. The molecule has 41 heavy (non-hydrogen) atoms. The predicted octanol–water partition coefficient (Wildman–Crippen LogP) is 3.34. The average Bonchev–Trinajstić information content (AvgIpc) is 3.65. The van der Waals surface area contributed by atoms with E-state index in [2.05, 4.69) is 38.7 Å². The van der Waals surface area contributed by atoms with Gasteiger partial charge in [-0.25, -0.2) is 23.7 Å². The summed E-state index contributed by atoms with van der Waals surface area (Å²) in [6, 6.07) is 8.85. The molecule has 1 spiro atoms. The van der Waals surface area contributed by atoms with E-state index in [4.69, 9.17) is 4.98 Å². The van der Waals surface area contributed by atoms with Gasteiger partial charge in [0.2, 0.25) is 5.95 Å². The Hall–Kier alpha value is -4.09. The van der Waals surface area contributed by atoms with Gasteiger partial charge < -0.3 is 20.2 Å². The van der Waals surface area contributed by atoms with Crippen LogP contribution in [-0.2, 0) is 18.6 Å². The molecular formula is C30H33FN8O2. The summed E-state index contributed by atoms with van der Waals surface area (Å²) in [5.41, 5.74) is 1.65. The van der Waals surface area contributed by atoms with Crippen molar-refractivity contribution in [2.45, 2.75) is 38.3 Å². The van der Waals surface area contributed by atoms with E-state index in [1.807, 2.05) is 19.1 Å². The van der Waals surface area contributed by atoms with Crippen molar-refractivity contribution in [1.82, 2.24) is 29.2 Å². The predicted molar refractivity (Wildman–Crippen MR) is 155 cm³/mol. The van der Waals surface area contributed by atoms with Crippen molar-refractivity contribution in [2.24, 2.45) is 5.41 Å². The first kappa shape index (κ1) is 25.8. The highest BCUT2D eigenvalue weighted by Gasteiger charge is 2.62. The van der Waals surface area contributed by atoms with Crippen LogP contribution in [0.4, 0.5) is 21.7 Å². The third-order valence-electron chi connectivity index (χ3n) is 9.08. The van der Waals surface area contributed by atoms with Crippen LogP contribution in [0.25, 0.3) is 16.9 Å². The number of anilines is 3. The molecule has 11 heteroatoms. The van der Waals surface area contributed by atoms with Gasteiger partial charge in [0.1, 0.15) is 16.8 Å². The number of aromatic nitrogens is 5. The van der Waals surface area contributed by atoms with Crippen LogP contribution in [0.5, 0.6) is 0 Å². The van der Waals surface area contributed by atoms with E-state index in [0.29, 0.717) is 33.9 Å². The first-order valence-electron chi connectivity index (χ1n) is 14.0. The SMILES string of the molecule is C=CCn1c(=O)c2cnc(Nc3ccc(N4CCN(C)CC4)c(F)c3)nc2n1-c1ccc2c(n1)C(C)(O)C1(CC1)C2. The monoisotopic (exact) mass is 556 g/mol. The van der Waals surface area contributed by atoms with Gasteiger partial charge in [-0.2, -0.15) is 4.98 Å². The molecule has 1 aliphatic heterocycles. The summed E-state index contributed by atoms with van der Waals surface area (Å²) < 4.78 is 18.3. The number of nitrogens with one attached hydrogen (secondary N) is 1. The van der Waals surface area contributed by atoms with E-state index in [1.54, 1.807) is 22.9 Å². The number of hydrogen-bond donors (Lipinski definition) is 2. The smallest absolute Gasteiger partial charge is 0.278 e. The van der Waals surface area contributed by atoms with E-state index >= 15 is 4.39 Å². The number of benzene rings is 1. The van der Waals surface area contributed by atoms with Gasteiger partial charge >= 0.3 is 0 Å². The number of hydrogen-bond acceptors (Lipinski definition) is 8. The number of allylic oxidation sites excluding steroid dienone is 1. The lowest BCUT2D eigenvalue weighted by Gasteiger charge is -2.34. The van der Waals surface area contributed by atoms with Crippen LogP contribution in [0.1, 0.15) is 31.0 Å². The molecule has 1 unspecified atom stereocenters. The highest BCUT2D eigenvalue weighted by Crippen LogP contribution is 2.64. The third kappa shape index (κ3) is 4.06. The van der Waals surface area contributed by atoms with E-state index in [0.717, 1.165) is 51.0 Å². The summed E-state index contributed by atoms with van der Waals surface area (Å²) in [4.78, 5) is 31.6. The molecule has 212 valence electrons. The molecule has 0 radical (unpaired) electrons. The molecule has 3 aromatic heterocycles. The van der Waals surface area contributed by atoms with Crippen molar-refractivity contribution in [3.05, 3.63) is 76.6 Å². The first-order chi connectivity index (χ1) is 19.7. The highest BCUT2D eigenvalue weighted by molar-refractivity contribution is 5.77. The lowest BCUT2D eigenvalue weighted by atomic mass is 9.88. The largest absolute Gasteiger partial charge is 0.383 e. The van der Waals surface area contributed by atoms with Crippen LogP contribution >= 0.6 is 0 Å². The van der Waals surface area contributed by atoms with Crippen LogP contribution in [0, 0.1) is 11.2 Å². The maximum absolute atomic E-state index is 15.1. The lowest BCUT2D eigenvalue weighted by Crippen LogP contribution is -2.44. The molecule has 1 saturated heterocycles. The van der Waals surface area contributed by atoms with Crippen LogP contribution in [0.2, 0.25) is 0 Å². The number of rotatable bonds is 6. The fraction of sp³-hybridized carbons (Fsp3) is 0.400. The molecular weight excluding hydrogens is 523 g/mol. The van der Waals surface area contributed by atoms with E-state index in [-0.39, 0.29) is 29.3 Å². The quantitative estimate of drug-likeness (QED) is 0.349. The number of nitrogens with zero attached hydrogens (tertiary/aromatic N) is 7.